The highest BCUT2D eigenvalue weighted by atomic mass is 16.2. The van der Waals surface area contributed by atoms with Crippen molar-refractivity contribution in [2.75, 3.05) is 26.2 Å². The molecule has 2 aromatic rings. The SMILES string of the molecule is CC(=O)N1CCN(C(=O)c2cn3nc(C)ccc3n2)CC1. The van der Waals surface area contributed by atoms with E-state index in [1.54, 1.807) is 27.4 Å². The second-order valence-corrected chi connectivity index (χ2v) is 5.20. The molecule has 110 valence electrons. The molecule has 0 saturated carbocycles. The van der Waals surface area contributed by atoms with Crippen LogP contribution in [0.5, 0.6) is 0 Å². The Labute approximate surface area is 122 Å². The van der Waals surface area contributed by atoms with Crippen LogP contribution < -0.4 is 0 Å². The van der Waals surface area contributed by atoms with E-state index in [0.29, 0.717) is 37.5 Å². The number of rotatable bonds is 1. The van der Waals surface area contributed by atoms with Crippen LogP contribution in [0.25, 0.3) is 5.65 Å². The van der Waals surface area contributed by atoms with Crippen molar-refractivity contribution in [3.05, 3.63) is 29.7 Å². The molecule has 1 saturated heterocycles. The van der Waals surface area contributed by atoms with Crippen LogP contribution in [0.1, 0.15) is 23.1 Å². The van der Waals surface area contributed by atoms with Gasteiger partial charge in [0.25, 0.3) is 5.91 Å². The molecule has 7 heteroatoms. The van der Waals surface area contributed by atoms with Gasteiger partial charge < -0.3 is 9.80 Å². The van der Waals surface area contributed by atoms with Gasteiger partial charge >= 0.3 is 0 Å². The van der Waals surface area contributed by atoms with E-state index < -0.39 is 0 Å². The minimum atomic E-state index is -0.110. The normalized spacial score (nSPS) is 15.5. The summed E-state index contributed by atoms with van der Waals surface area (Å²) in [5, 5.41) is 4.29. The van der Waals surface area contributed by atoms with E-state index in [1.807, 2.05) is 19.1 Å². The van der Waals surface area contributed by atoms with Gasteiger partial charge in [-0.3, -0.25) is 9.59 Å². The van der Waals surface area contributed by atoms with Crippen LogP contribution in [0.3, 0.4) is 0 Å². The predicted molar refractivity (Wildman–Crippen MR) is 75.9 cm³/mol. The zero-order valence-corrected chi connectivity index (χ0v) is 12.1. The molecular formula is C14H17N5O2. The van der Waals surface area contributed by atoms with Crippen LogP contribution in [-0.2, 0) is 4.79 Å². The average Bonchev–Trinajstić information content (AvgIpc) is 2.89. The quantitative estimate of drug-likeness (QED) is 0.758. The maximum atomic E-state index is 12.4. The Morgan fingerprint density at radius 1 is 1.10 bits per heavy atom. The molecule has 2 aromatic heterocycles. The molecule has 0 radical (unpaired) electrons. The van der Waals surface area contributed by atoms with Gasteiger partial charge in [-0.2, -0.15) is 5.10 Å². The summed E-state index contributed by atoms with van der Waals surface area (Å²) in [7, 11) is 0. The molecule has 0 aromatic carbocycles. The zero-order valence-electron chi connectivity index (χ0n) is 12.1. The molecule has 3 heterocycles. The largest absolute Gasteiger partial charge is 0.339 e. The van der Waals surface area contributed by atoms with Crippen molar-refractivity contribution < 1.29 is 9.59 Å². The van der Waals surface area contributed by atoms with Gasteiger partial charge in [0.2, 0.25) is 5.91 Å². The molecule has 0 atom stereocenters. The van der Waals surface area contributed by atoms with Crippen molar-refractivity contribution in [2.45, 2.75) is 13.8 Å². The molecule has 1 aliphatic rings. The molecule has 1 aliphatic heterocycles. The number of fused-ring (bicyclic) bond motifs is 1. The van der Waals surface area contributed by atoms with Gasteiger partial charge in [0.05, 0.1) is 11.9 Å². The van der Waals surface area contributed by atoms with Crippen LogP contribution in [0.2, 0.25) is 0 Å². The fourth-order valence-corrected chi connectivity index (χ4v) is 2.47. The summed E-state index contributed by atoms with van der Waals surface area (Å²) in [6.45, 7) is 5.67. The molecule has 2 amide bonds. The summed E-state index contributed by atoms with van der Waals surface area (Å²) in [5.74, 6) is -0.0594. The molecule has 21 heavy (non-hydrogen) atoms. The van der Waals surface area contributed by atoms with E-state index in [4.69, 9.17) is 0 Å². The molecule has 1 fully saturated rings. The number of carbonyl (C=O) groups excluding carboxylic acids is 2. The van der Waals surface area contributed by atoms with Gasteiger partial charge in [-0.05, 0) is 19.1 Å². The van der Waals surface area contributed by atoms with Gasteiger partial charge in [0.15, 0.2) is 5.65 Å². The Morgan fingerprint density at radius 2 is 1.76 bits per heavy atom. The number of hydrogen-bond donors (Lipinski definition) is 0. The van der Waals surface area contributed by atoms with Crippen molar-refractivity contribution >= 4 is 17.5 Å². The van der Waals surface area contributed by atoms with Gasteiger partial charge in [0.1, 0.15) is 5.69 Å². The molecule has 0 aliphatic carbocycles. The number of hydrogen-bond acceptors (Lipinski definition) is 4. The number of aryl methyl sites for hydroxylation is 1. The Bertz CT molecular complexity index is 700. The standard InChI is InChI=1S/C14H17N5O2/c1-10-3-4-13-15-12(9-19(13)16-10)14(21)18-7-5-17(6-8-18)11(2)20/h3-4,9H,5-8H2,1-2H3. The Hall–Kier alpha value is -2.44. The smallest absolute Gasteiger partial charge is 0.274 e. The number of amides is 2. The van der Waals surface area contributed by atoms with Crippen molar-refractivity contribution in [1.82, 2.24) is 24.4 Å². The third kappa shape index (κ3) is 2.58. The second-order valence-electron chi connectivity index (χ2n) is 5.20. The highest BCUT2D eigenvalue weighted by Gasteiger charge is 2.24. The van der Waals surface area contributed by atoms with E-state index in [9.17, 15) is 9.59 Å². The average molecular weight is 287 g/mol. The van der Waals surface area contributed by atoms with Crippen LogP contribution in [0.15, 0.2) is 18.3 Å². The molecule has 3 rings (SSSR count). The van der Waals surface area contributed by atoms with Crippen LogP contribution >= 0.6 is 0 Å². The Balaban J connectivity index is 1.76. The number of carbonyl (C=O) groups is 2. The molecule has 0 bridgehead atoms. The Kier molecular flexibility index (Phi) is 3.32. The number of nitrogens with zero attached hydrogens (tertiary/aromatic N) is 5. The minimum absolute atomic E-state index is 0.0505. The highest BCUT2D eigenvalue weighted by molar-refractivity contribution is 5.93. The first kappa shape index (κ1) is 13.5. The maximum absolute atomic E-state index is 12.4. The fraction of sp³-hybridized carbons (Fsp3) is 0.429. The first-order valence-electron chi connectivity index (χ1n) is 6.92. The zero-order chi connectivity index (χ0) is 15.0. The van der Waals surface area contributed by atoms with Crippen molar-refractivity contribution in [3.8, 4) is 0 Å². The van der Waals surface area contributed by atoms with E-state index in [1.165, 1.54) is 0 Å². The van der Waals surface area contributed by atoms with E-state index in [0.717, 1.165) is 5.69 Å². The van der Waals surface area contributed by atoms with Crippen LogP contribution in [0, 0.1) is 6.92 Å². The van der Waals surface area contributed by atoms with Crippen LogP contribution in [-0.4, -0.2) is 62.4 Å². The van der Waals surface area contributed by atoms with Crippen molar-refractivity contribution in [1.29, 1.82) is 0 Å². The molecular weight excluding hydrogens is 270 g/mol. The van der Waals surface area contributed by atoms with Crippen molar-refractivity contribution in [3.63, 3.8) is 0 Å². The van der Waals surface area contributed by atoms with Gasteiger partial charge in [-0.1, -0.05) is 0 Å². The first-order chi connectivity index (χ1) is 10.0. The predicted octanol–water partition coefficient (Wildman–Crippen LogP) is 0.342. The van der Waals surface area contributed by atoms with Crippen molar-refractivity contribution in [2.24, 2.45) is 0 Å². The maximum Gasteiger partial charge on any atom is 0.274 e. The highest BCUT2D eigenvalue weighted by Crippen LogP contribution is 2.10. The second kappa shape index (κ2) is 5.16. The molecule has 0 N–H and O–H groups in total. The fourth-order valence-electron chi connectivity index (χ4n) is 2.47. The molecule has 7 nitrogen and oxygen atoms in total. The third-order valence-corrected chi connectivity index (χ3v) is 3.68. The van der Waals surface area contributed by atoms with Gasteiger partial charge in [-0.15, -0.1) is 0 Å². The molecule has 0 unspecified atom stereocenters. The summed E-state index contributed by atoms with van der Waals surface area (Å²) in [6.07, 6.45) is 1.65. The Morgan fingerprint density at radius 3 is 2.43 bits per heavy atom. The monoisotopic (exact) mass is 287 g/mol. The van der Waals surface area contributed by atoms with Crippen LogP contribution in [0.4, 0.5) is 0 Å². The topological polar surface area (TPSA) is 70.8 Å². The van der Waals surface area contributed by atoms with Gasteiger partial charge in [-0.25, -0.2) is 9.50 Å². The number of aromatic nitrogens is 3. The van der Waals surface area contributed by atoms with E-state index in [-0.39, 0.29) is 11.8 Å². The lowest BCUT2D eigenvalue weighted by molar-refractivity contribution is -0.130. The molecule has 0 spiro atoms. The number of piperazine rings is 1. The van der Waals surface area contributed by atoms with E-state index in [2.05, 4.69) is 10.1 Å². The lowest BCUT2D eigenvalue weighted by Crippen LogP contribution is -2.50. The van der Waals surface area contributed by atoms with Gasteiger partial charge in [0, 0.05) is 33.1 Å². The summed E-state index contributed by atoms with van der Waals surface area (Å²) in [6, 6.07) is 3.70. The number of imidazole rings is 1. The third-order valence-electron chi connectivity index (χ3n) is 3.68. The lowest BCUT2D eigenvalue weighted by atomic mass is 10.3. The summed E-state index contributed by atoms with van der Waals surface area (Å²) in [4.78, 5) is 31.5. The lowest BCUT2D eigenvalue weighted by Gasteiger charge is -2.33. The van der Waals surface area contributed by atoms with E-state index >= 15 is 0 Å². The minimum Gasteiger partial charge on any atom is -0.339 e. The first-order valence-corrected chi connectivity index (χ1v) is 6.92. The summed E-state index contributed by atoms with van der Waals surface area (Å²) in [5.41, 5.74) is 1.92. The summed E-state index contributed by atoms with van der Waals surface area (Å²) >= 11 is 0. The summed E-state index contributed by atoms with van der Waals surface area (Å²) < 4.78 is 1.62.